The molecule has 1 rings (SSSR count). The van der Waals surface area contributed by atoms with E-state index in [2.05, 4.69) is 98.7 Å². The number of hydrogen-bond acceptors (Lipinski definition) is 34. The van der Waals surface area contributed by atoms with E-state index in [9.17, 15) is 71.9 Å². The molecule has 1 heterocycles. The van der Waals surface area contributed by atoms with Crippen molar-refractivity contribution in [1.29, 1.82) is 0 Å². The van der Waals surface area contributed by atoms with Gasteiger partial charge in [-0.1, -0.05) is 282 Å². The SMILES string of the molecule is C=C(C)C(=O)SCC(CC)(CSC(=O)C(=C)C)CSC(=O)C(=C)C.C=C(C)C(=O)SCC(CSC(=O)C(=C)C)(CSC(=O)C(=C)C)CSC(=O)C(=C)C.C=C(C)C(=O)SCC(CSC(=O)C(=C)C)SC(=O)C(=C)C.C=C(C)C(=O)SCC1CSC(CSC(=O)C(=C)C)CS1.C=C(C)C(=O)SCCSCC(CSC(=O)C(=C)C)SCCSC(=O)C(=C)C. The first-order chi connectivity index (χ1) is 56.0. The second kappa shape index (κ2) is 70.7. The van der Waals surface area contributed by atoms with E-state index in [1.807, 2.05) is 30.4 Å². The van der Waals surface area contributed by atoms with Crippen molar-refractivity contribution >= 4 is 300 Å². The van der Waals surface area contributed by atoms with Crippen molar-refractivity contribution in [2.24, 2.45) is 10.8 Å². The molecule has 1 aliphatic rings. The van der Waals surface area contributed by atoms with Gasteiger partial charge in [-0.05, 0) is 199 Å². The summed E-state index contributed by atoms with van der Waals surface area (Å²) >= 11 is 25.4. The normalized spacial score (nSPS) is 12.9. The fourth-order valence-corrected chi connectivity index (χ4v) is 28.9. The Balaban J connectivity index is -0.000000711. The summed E-state index contributed by atoms with van der Waals surface area (Å²) in [6.45, 7) is 82.0. The van der Waals surface area contributed by atoms with Gasteiger partial charge >= 0.3 is 0 Å². The second-order valence-corrected chi connectivity index (χ2v) is 48.1. The molecule has 1 fully saturated rings. The van der Waals surface area contributed by atoms with Crippen molar-refractivity contribution in [2.75, 3.05) is 109 Å². The van der Waals surface area contributed by atoms with Crippen LogP contribution in [0.2, 0.25) is 0 Å². The van der Waals surface area contributed by atoms with Crippen LogP contribution < -0.4 is 0 Å². The third kappa shape index (κ3) is 64.2. The van der Waals surface area contributed by atoms with Crippen molar-refractivity contribution in [3.8, 4) is 0 Å². The fourth-order valence-electron chi connectivity index (χ4n) is 6.82. The Morgan fingerprint density at radius 2 is 0.463 bits per heavy atom. The van der Waals surface area contributed by atoms with Gasteiger partial charge in [-0.15, -0.1) is 0 Å². The summed E-state index contributed by atoms with van der Waals surface area (Å²) in [6, 6.07) is 0. The molecule has 0 saturated carbocycles. The van der Waals surface area contributed by atoms with Gasteiger partial charge < -0.3 is 0 Å². The van der Waals surface area contributed by atoms with Gasteiger partial charge in [-0.2, -0.15) is 47.0 Å². The molecular formula is C87H122O15S19. The largest absolute Gasteiger partial charge is 0.282 e. The molecule has 0 aliphatic carbocycles. The standard InChI is InChI=1S/C21H28O4S4.C19H28O3S5.C18H26O3S3.C15H20O3S3.C14H20O2S4/c1-13(2)17(22)26-9-21(10-27-18(23)14(3)4,11-28-19(24)15(5)6)12-29-20(25)16(7)8;1-13(2)17(20)25-8-7-23-11-16(12-27-19(22)15(5)6)24-9-10-26-18(21)14(3)4;1-8-18(9-22-15(19)12(2)3,10-23-16(20)13(4)5)11-24-17(21)14(6)7;1-9(2)13(16)19-7-12(21-15(18)11(5)6)8-20-14(17)10(3)4;1-9(2)13(15)19-7-11-5-18-12(6-17-11)8-20-14(16)10(3)4/h1,3,5,7,9-12H2,2,4,6,8H3;16H,1,3,5,7-12H2,2,4,6H3;2,4,6,8-11H2,1,3,5,7H3;12H,1,3,5,7-8H2,2,4,6H3;11-12H,1,3,5-8H2,2,4H3. The first kappa shape index (κ1) is 125. The molecule has 1 aliphatic heterocycles. The van der Waals surface area contributed by atoms with Crippen molar-refractivity contribution in [3.05, 3.63) is 182 Å². The lowest BCUT2D eigenvalue weighted by Crippen LogP contribution is -2.35. The van der Waals surface area contributed by atoms with Crippen molar-refractivity contribution in [2.45, 2.75) is 138 Å². The minimum absolute atomic E-state index is 0.0278. The molecule has 121 heavy (non-hydrogen) atoms. The lowest BCUT2D eigenvalue weighted by atomic mass is 9.92. The van der Waals surface area contributed by atoms with Crippen LogP contribution in [0.4, 0.5) is 0 Å². The van der Waals surface area contributed by atoms with Crippen LogP contribution in [0.3, 0.4) is 0 Å². The first-order valence-electron chi connectivity index (χ1n) is 36.9. The van der Waals surface area contributed by atoms with Gasteiger partial charge in [0.1, 0.15) is 0 Å². The van der Waals surface area contributed by atoms with Crippen LogP contribution in [0.25, 0.3) is 0 Å². The number of thioether (sulfide) groups is 19. The molecule has 674 valence electrons. The molecule has 34 heteroatoms. The fraction of sp³-hybridized carbons (Fsp3) is 0.483. The molecular weight excluding hydrogens is 1890 g/mol. The molecule has 0 aromatic carbocycles. The molecule has 3 unspecified atom stereocenters. The second-order valence-electron chi connectivity index (χ2n) is 27.9. The quantitative estimate of drug-likeness (QED) is 0.0405. The summed E-state index contributed by atoms with van der Waals surface area (Å²) in [6.07, 6.45) is 0.760. The molecule has 1 saturated heterocycles. The average Bonchev–Trinajstić information content (AvgIpc) is 0.863. The Labute approximate surface area is 804 Å². The van der Waals surface area contributed by atoms with Crippen LogP contribution in [0.1, 0.15) is 117 Å². The Hall–Kier alpha value is -2.20. The van der Waals surface area contributed by atoms with Crippen LogP contribution in [0, 0.1) is 10.8 Å². The molecule has 3 atom stereocenters. The summed E-state index contributed by atoms with van der Waals surface area (Å²) in [5.74, 6) is 12.6. The maximum atomic E-state index is 12.1. The van der Waals surface area contributed by atoms with Gasteiger partial charge in [0.25, 0.3) is 0 Å². The number of hydrogen-bond donors (Lipinski definition) is 0. The van der Waals surface area contributed by atoms with Crippen LogP contribution in [-0.4, -0.2) is 207 Å². The molecule has 0 bridgehead atoms. The summed E-state index contributed by atoms with van der Waals surface area (Å²) in [5, 5.41) is 0.412. The Morgan fingerprint density at radius 3 is 0.694 bits per heavy atom. The zero-order chi connectivity index (χ0) is 94.2. The van der Waals surface area contributed by atoms with Crippen molar-refractivity contribution < 1.29 is 71.9 Å². The monoisotopic (exact) mass is 2010 g/mol. The van der Waals surface area contributed by atoms with Gasteiger partial charge in [-0.3, -0.25) is 71.9 Å². The maximum Gasteiger partial charge on any atom is 0.214 e. The molecule has 0 N–H and O–H groups in total. The number of rotatable bonds is 50. The minimum Gasteiger partial charge on any atom is -0.282 e. The topological polar surface area (TPSA) is 256 Å². The van der Waals surface area contributed by atoms with Gasteiger partial charge in [-0.25, -0.2) is 0 Å². The third-order valence-electron chi connectivity index (χ3n) is 14.3. The highest BCUT2D eigenvalue weighted by Crippen LogP contribution is 2.41. The number of carbonyl (C=O) groups is 15. The highest BCUT2D eigenvalue weighted by Gasteiger charge is 2.36. The average molecular weight is 2020 g/mol. The van der Waals surface area contributed by atoms with E-state index in [1.54, 1.807) is 127 Å². The van der Waals surface area contributed by atoms with E-state index in [-0.39, 0.29) is 87.4 Å². The zero-order valence-electron chi connectivity index (χ0n) is 72.9. The van der Waals surface area contributed by atoms with Crippen LogP contribution in [0.15, 0.2) is 182 Å². The smallest absolute Gasteiger partial charge is 0.214 e. The van der Waals surface area contributed by atoms with E-state index in [1.165, 1.54) is 94.1 Å². The van der Waals surface area contributed by atoms with Gasteiger partial charge in [0, 0.05) is 136 Å². The summed E-state index contributed by atoms with van der Waals surface area (Å²) in [4.78, 5) is 177. The molecule has 0 aromatic heterocycles. The number of carbonyl (C=O) groups excluding carboxylic acids is 15. The predicted molar refractivity (Wildman–Crippen MR) is 564 cm³/mol. The Morgan fingerprint density at radius 1 is 0.256 bits per heavy atom. The lowest BCUT2D eigenvalue weighted by Gasteiger charge is -2.32. The van der Waals surface area contributed by atoms with E-state index in [0.29, 0.717) is 151 Å². The molecule has 0 spiro atoms. The highest BCUT2D eigenvalue weighted by atomic mass is 32.2. The van der Waals surface area contributed by atoms with E-state index < -0.39 is 5.41 Å². The van der Waals surface area contributed by atoms with Crippen molar-refractivity contribution in [3.63, 3.8) is 0 Å². The molecule has 0 aromatic rings. The summed E-state index contributed by atoms with van der Waals surface area (Å²) in [7, 11) is 0. The summed E-state index contributed by atoms with van der Waals surface area (Å²) in [5.41, 5.74) is 6.62. The van der Waals surface area contributed by atoms with Crippen LogP contribution in [-0.2, 0) is 71.9 Å². The van der Waals surface area contributed by atoms with Crippen LogP contribution >= 0.6 is 223 Å². The first-order valence-corrected chi connectivity index (χ1v) is 55.9. The highest BCUT2D eigenvalue weighted by molar-refractivity contribution is 8.21. The van der Waals surface area contributed by atoms with E-state index in [4.69, 9.17) is 0 Å². The maximum absolute atomic E-state index is 12.1. The van der Waals surface area contributed by atoms with Gasteiger partial charge in [0.2, 0.25) is 76.7 Å². The van der Waals surface area contributed by atoms with Gasteiger partial charge in [0.15, 0.2) is 0 Å². The molecule has 0 radical (unpaired) electrons. The van der Waals surface area contributed by atoms with E-state index >= 15 is 0 Å². The summed E-state index contributed by atoms with van der Waals surface area (Å²) < 4.78 is 0. The third-order valence-corrected chi connectivity index (χ3v) is 40.4. The zero-order valence-corrected chi connectivity index (χ0v) is 88.5. The minimum atomic E-state index is -0.628. The predicted octanol–water partition coefficient (Wildman–Crippen LogP) is 23.3. The van der Waals surface area contributed by atoms with Crippen LogP contribution in [0.5, 0.6) is 0 Å². The Bertz CT molecular complexity index is 3590. The molecule has 0 amide bonds. The van der Waals surface area contributed by atoms with E-state index in [0.717, 1.165) is 146 Å². The van der Waals surface area contributed by atoms with Gasteiger partial charge in [0.05, 0.1) is 0 Å². The molecule has 15 nitrogen and oxygen atoms in total. The van der Waals surface area contributed by atoms with Crippen molar-refractivity contribution in [1.82, 2.24) is 0 Å². The Kier molecular flexibility index (Phi) is 73.1. The lowest BCUT2D eigenvalue weighted by molar-refractivity contribution is -0.108.